The molecule has 0 fully saturated rings. The molecule has 4 rings (SSSR count). The van der Waals surface area contributed by atoms with Crippen molar-refractivity contribution in [1.82, 2.24) is 19.7 Å². The summed E-state index contributed by atoms with van der Waals surface area (Å²) >= 11 is 1.59. The molecule has 22 heavy (non-hydrogen) atoms. The normalized spacial score (nSPS) is 17.9. The van der Waals surface area contributed by atoms with Gasteiger partial charge in [0.25, 0.3) is 0 Å². The second-order valence-electron chi connectivity index (χ2n) is 5.13. The van der Waals surface area contributed by atoms with Crippen molar-refractivity contribution < 1.29 is 9.53 Å². The topological polar surface area (TPSA) is 68.5 Å². The van der Waals surface area contributed by atoms with Gasteiger partial charge in [0, 0.05) is 35.7 Å². The predicted octanol–water partition coefficient (Wildman–Crippen LogP) is 1.95. The van der Waals surface area contributed by atoms with Gasteiger partial charge in [0.1, 0.15) is 0 Å². The maximum absolute atomic E-state index is 12.1. The van der Waals surface area contributed by atoms with E-state index in [4.69, 9.17) is 4.74 Å². The molecule has 1 N–H and O–H groups in total. The Morgan fingerprint density at radius 2 is 2.41 bits per heavy atom. The maximum atomic E-state index is 12.1. The molecule has 0 saturated carbocycles. The number of hydrogen-bond acceptors (Lipinski definition) is 5. The van der Waals surface area contributed by atoms with Gasteiger partial charge < -0.3 is 10.1 Å². The van der Waals surface area contributed by atoms with Crippen LogP contribution in [0.25, 0.3) is 4.96 Å². The molecule has 0 saturated heterocycles. The Labute approximate surface area is 130 Å². The summed E-state index contributed by atoms with van der Waals surface area (Å²) in [5, 5.41) is 4.92. The molecule has 0 aliphatic carbocycles. The summed E-state index contributed by atoms with van der Waals surface area (Å²) in [7, 11) is 1.60. The Kier molecular flexibility index (Phi) is 3.07. The van der Waals surface area contributed by atoms with Crippen LogP contribution in [0.2, 0.25) is 0 Å². The van der Waals surface area contributed by atoms with Crippen LogP contribution in [0.15, 0.2) is 29.9 Å². The number of nitrogens with one attached hydrogen (secondary N) is 1. The molecule has 3 aromatic heterocycles. The van der Waals surface area contributed by atoms with Gasteiger partial charge in [-0.2, -0.15) is 0 Å². The van der Waals surface area contributed by atoms with E-state index in [9.17, 15) is 4.79 Å². The van der Waals surface area contributed by atoms with Gasteiger partial charge in [-0.3, -0.25) is 9.20 Å². The molecule has 0 radical (unpaired) electrons. The highest BCUT2D eigenvalue weighted by molar-refractivity contribution is 7.15. The molecule has 4 heterocycles. The third kappa shape index (κ3) is 1.97. The minimum absolute atomic E-state index is 0.0119. The second kappa shape index (κ2) is 5.10. The number of pyridine rings is 1. The van der Waals surface area contributed by atoms with Crippen LogP contribution < -0.4 is 10.1 Å². The fourth-order valence-electron chi connectivity index (χ4n) is 2.98. The van der Waals surface area contributed by atoms with Gasteiger partial charge in [0.05, 0.1) is 25.0 Å². The van der Waals surface area contributed by atoms with E-state index in [1.165, 1.54) is 0 Å². The summed E-state index contributed by atoms with van der Waals surface area (Å²) < 4.78 is 7.46. The molecule has 3 aromatic rings. The summed E-state index contributed by atoms with van der Waals surface area (Å²) in [5.74, 6) is 0.446. The summed E-state index contributed by atoms with van der Waals surface area (Å²) in [5.41, 5.74) is 2.87. The van der Waals surface area contributed by atoms with E-state index in [0.717, 1.165) is 21.9 Å². The van der Waals surface area contributed by atoms with E-state index >= 15 is 0 Å². The lowest BCUT2D eigenvalue weighted by molar-refractivity contribution is -0.121. The van der Waals surface area contributed by atoms with E-state index in [-0.39, 0.29) is 11.8 Å². The number of rotatable bonds is 2. The number of methoxy groups -OCH3 is 1. The standard InChI is InChI=1S/C15H14N4O2S/c1-21-14-9(3-2-4-16-14)10-7-12(20)17-8-11-13(10)19-5-6-22-15(19)18-11/h2-6,10H,7-8H2,1H3,(H,17,20)/t10-/m1/s1. The number of imidazole rings is 1. The third-order valence-corrected chi connectivity index (χ3v) is 4.67. The predicted molar refractivity (Wildman–Crippen MR) is 82.2 cm³/mol. The van der Waals surface area contributed by atoms with Crippen molar-refractivity contribution >= 4 is 22.2 Å². The van der Waals surface area contributed by atoms with E-state index in [1.807, 2.05) is 23.7 Å². The lowest BCUT2D eigenvalue weighted by Crippen LogP contribution is -2.21. The number of hydrogen-bond donors (Lipinski definition) is 1. The zero-order valence-corrected chi connectivity index (χ0v) is 12.8. The molecule has 1 aliphatic heterocycles. The number of carbonyl (C=O) groups is 1. The maximum Gasteiger partial charge on any atom is 0.221 e. The monoisotopic (exact) mass is 314 g/mol. The van der Waals surface area contributed by atoms with Crippen molar-refractivity contribution in [2.45, 2.75) is 18.9 Å². The SMILES string of the molecule is COc1ncccc1[C@H]1CC(=O)NCc2nc3sccn3c21. The average Bonchev–Trinajstić information content (AvgIpc) is 3.07. The fraction of sp³-hybridized carbons (Fsp3) is 0.267. The Morgan fingerprint density at radius 1 is 1.50 bits per heavy atom. The molecule has 0 spiro atoms. The largest absolute Gasteiger partial charge is 0.481 e. The van der Waals surface area contributed by atoms with Gasteiger partial charge in [0.2, 0.25) is 11.8 Å². The van der Waals surface area contributed by atoms with Gasteiger partial charge in [0.15, 0.2) is 4.96 Å². The van der Waals surface area contributed by atoms with Crippen LogP contribution in [-0.4, -0.2) is 27.4 Å². The summed E-state index contributed by atoms with van der Waals surface area (Å²) in [6, 6.07) is 3.83. The molecule has 1 amide bonds. The smallest absolute Gasteiger partial charge is 0.221 e. The Bertz CT molecular complexity index is 854. The summed E-state index contributed by atoms with van der Waals surface area (Å²) in [6.07, 6.45) is 4.05. The number of nitrogens with zero attached hydrogens (tertiary/aromatic N) is 3. The summed E-state index contributed by atoms with van der Waals surface area (Å²) in [6.45, 7) is 0.460. The Balaban J connectivity index is 1.95. The van der Waals surface area contributed by atoms with Gasteiger partial charge >= 0.3 is 0 Å². The number of thiazole rings is 1. The van der Waals surface area contributed by atoms with E-state index in [1.54, 1.807) is 24.6 Å². The molecular formula is C15H14N4O2S. The molecule has 1 aliphatic rings. The molecular weight excluding hydrogens is 300 g/mol. The first kappa shape index (κ1) is 13.3. The van der Waals surface area contributed by atoms with Crippen molar-refractivity contribution in [1.29, 1.82) is 0 Å². The van der Waals surface area contributed by atoms with Crippen molar-refractivity contribution in [2.24, 2.45) is 0 Å². The van der Waals surface area contributed by atoms with E-state index in [2.05, 4.69) is 19.7 Å². The Hall–Kier alpha value is -2.41. The lowest BCUT2D eigenvalue weighted by atomic mass is 9.92. The first-order valence-electron chi connectivity index (χ1n) is 6.98. The lowest BCUT2D eigenvalue weighted by Gasteiger charge is -2.17. The average molecular weight is 314 g/mol. The molecule has 7 heteroatoms. The highest BCUT2D eigenvalue weighted by Gasteiger charge is 2.31. The van der Waals surface area contributed by atoms with E-state index < -0.39 is 0 Å². The van der Waals surface area contributed by atoms with Crippen LogP contribution in [0.3, 0.4) is 0 Å². The van der Waals surface area contributed by atoms with E-state index in [0.29, 0.717) is 18.8 Å². The Morgan fingerprint density at radius 3 is 3.27 bits per heavy atom. The minimum Gasteiger partial charge on any atom is -0.481 e. The zero-order valence-electron chi connectivity index (χ0n) is 11.9. The van der Waals surface area contributed by atoms with Crippen molar-refractivity contribution in [3.63, 3.8) is 0 Å². The molecule has 1 atom stereocenters. The molecule has 0 bridgehead atoms. The van der Waals surface area contributed by atoms with Crippen LogP contribution in [0.4, 0.5) is 0 Å². The molecule has 0 unspecified atom stereocenters. The van der Waals surface area contributed by atoms with Crippen molar-refractivity contribution in [3.05, 3.63) is 46.9 Å². The zero-order chi connectivity index (χ0) is 15.1. The number of aromatic nitrogens is 3. The van der Waals surface area contributed by atoms with Crippen LogP contribution >= 0.6 is 11.3 Å². The van der Waals surface area contributed by atoms with Crippen LogP contribution in [0.1, 0.15) is 29.3 Å². The van der Waals surface area contributed by atoms with Gasteiger partial charge in [-0.15, -0.1) is 11.3 Å². The second-order valence-corrected chi connectivity index (χ2v) is 6.01. The highest BCUT2D eigenvalue weighted by atomic mass is 32.1. The van der Waals surface area contributed by atoms with Crippen LogP contribution in [-0.2, 0) is 11.3 Å². The number of carbonyl (C=O) groups excluding carboxylic acids is 1. The fourth-order valence-corrected chi connectivity index (χ4v) is 3.72. The molecule has 6 nitrogen and oxygen atoms in total. The van der Waals surface area contributed by atoms with Gasteiger partial charge in [-0.05, 0) is 6.07 Å². The number of ether oxygens (including phenoxy) is 1. The van der Waals surface area contributed by atoms with Crippen LogP contribution in [0.5, 0.6) is 5.88 Å². The number of fused-ring (bicyclic) bond motifs is 3. The van der Waals surface area contributed by atoms with Gasteiger partial charge in [-0.1, -0.05) is 6.07 Å². The molecule has 0 aromatic carbocycles. The highest BCUT2D eigenvalue weighted by Crippen LogP contribution is 2.37. The number of amides is 1. The van der Waals surface area contributed by atoms with Crippen molar-refractivity contribution in [2.75, 3.05) is 7.11 Å². The molecule has 112 valence electrons. The third-order valence-electron chi connectivity index (χ3n) is 3.92. The van der Waals surface area contributed by atoms with Crippen LogP contribution in [0, 0.1) is 0 Å². The summed E-state index contributed by atoms with van der Waals surface area (Å²) in [4.78, 5) is 22.0. The van der Waals surface area contributed by atoms with Gasteiger partial charge in [-0.25, -0.2) is 9.97 Å². The first-order chi connectivity index (χ1) is 10.8. The minimum atomic E-state index is -0.120. The van der Waals surface area contributed by atoms with Crippen molar-refractivity contribution in [3.8, 4) is 5.88 Å². The first-order valence-corrected chi connectivity index (χ1v) is 7.86. The quantitative estimate of drug-likeness (QED) is 0.785.